The molecule has 1 unspecified atom stereocenters. The molecular formula is C12H15NO3. The Bertz CT molecular complexity index is 384. The van der Waals surface area contributed by atoms with Gasteiger partial charge in [0.05, 0.1) is 20.3 Å². The third-order valence-corrected chi connectivity index (χ3v) is 2.17. The lowest BCUT2D eigenvalue weighted by molar-refractivity contribution is 0.0999. The van der Waals surface area contributed by atoms with Crippen LogP contribution in [0.5, 0.6) is 11.5 Å². The van der Waals surface area contributed by atoms with Gasteiger partial charge in [0.15, 0.2) is 6.10 Å². The zero-order valence-corrected chi connectivity index (χ0v) is 9.69. The molecule has 0 aliphatic carbocycles. The molecule has 0 amide bonds. The third-order valence-electron chi connectivity index (χ3n) is 2.17. The summed E-state index contributed by atoms with van der Waals surface area (Å²) in [5, 5.41) is 9.00. The van der Waals surface area contributed by atoms with E-state index < -0.39 is 6.10 Å². The summed E-state index contributed by atoms with van der Waals surface area (Å²) in [5.74, 6) is 1.29. The Morgan fingerprint density at radius 1 is 1.31 bits per heavy atom. The molecule has 0 radical (unpaired) electrons. The minimum absolute atomic E-state index is 0.480. The monoisotopic (exact) mass is 221 g/mol. The van der Waals surface area contributed by atoms with Crippen LogP contribution in [0.15, 0.2) is 18.2 Å². The molecule has 1 aromatic rings. The fourth-order valence-electron chi connectivity index (χ4n) is 1.40. The van der Waals surface area contributed by atoms with Crippen molar-refractivity contribution >= 4 is 0 Å². The lowest BCUT2D eigenvalue weighted by Crippen LogP contribution is -2.04. The zero-order valence-electron chi connectivity index (χ0n) is 9.69. The number of benzene rings is 1. The number of nitriles is 1. The summed E-state index contributed by atoms with van der Waals surface area (Å²) in [4.78, 5) is 0. The van der Waals surface area contributed by atoms with Gasteiger partial charge in [-0.3, -0.25) is 0 Å². The summed E-state index contributed by atoms with van der Waals surface area (Å²) >= 11 is 0. The Morgan fingerprint density at radius 2 is 2.06 bits per heavy atom. The van der Waals surface area contributed by atoms with Crippen molar-refractivity contribution in [1.29, 1.82) is 5.26 Å². The molecule has 0 fully saturated rings. The van der Waals surface area contributed by atoms with Crippen molar-refractivity contribution in [1.82, 2.24) is 0 Å². The van der Waals surface area contributed by atoms with E-state index in [1.807, 2.05) is 6.92 Å². The highest BCUT2D eigenvalue weighted by molar-refractivity contribution is 5.43. The highest BCUT2D eigenvalue weighted by atomic mass is 16.5. The average Bonchev–Trinajstić information content (AvgIpc) is 2.35. The van der Waals surface area contributed by atoms with Crippen LogP contribution in [0.3, 0.4) is 0 Å². The van der Waals surface area contributed by atoms with E-state index >= 15 is 0 Å². The minimum atomic E-state index is -0.606. The first kappa shape index (κ1) is 12.3. The largest absolute Gasteiger partial charge is 0.497 e. The van der Waals surface area contributed by atoms with Crippen molar-refractivity contribution in [2.24, 2.45) is 0 Å². The predicted molar refractivity (Wildman–Crippen MR) is 59.5 cm³/mol. The number of rotatable bonds is 5. The van der Waals surface area contributed by atoms with Crippen molar-refractivity contribution in [3.63, 3.8) is 0 Å². The molecule has 0 bridgehead atoms. The van der Waals surface area contributed by atoms with Crippen LogP contribution in [0.4, 0.5) is 0 Å². The summed E-state index contributed by atoms with van der Waals surface area (Å²) in [6, 6.07) is 7.38. The van der Waals surface area contributed by atoms with Crippen LogP contribution in [0.1, 0.15) is 18.6 Å². The Balaban J connectivity index is 3.07. The molecule has 1 aromatic carbocycles. The molecule has 0 N–H and O–H groups in total. The summed E-state index contributed by atoms with van der Waals surface area (Å²) < 4.78 is 15.6. The highest BCUT2D eigenvalue weighted by Crippen LogP contribution is 2.30. The van der Waals surface area contributed by atoms with Gasteiger partial charge >= 0.3 is 0 Å². The maximum Gasteiger partial charge on any atom is 0.172 e. The highest BCUT2D eigenvalue weighted by Gasteiger charge is 2.16. The minimum Gasteiger partial charge on any atom is -0.497 e. The molecule has 4 heteroatoms. The van der Waals surface area contributed by atoms with E-state index in [1.54, 1.807) is 32.4 Å². The molecule has 0 heterocycles. The van der Waals surface area contributed by atoms with Gasteiger partial charge < -0.3 is 14.2 Å². The van der Waals surface area contributed by atoms with Gasteiger partial charge in [-0.1, -0.05) is 0 Å². The molecule has 1 atom stereocenters. The van der Waals surface area contributed by atoms with Crippen molar-refractivity contribution < 1.29 is 14.2 Å². The first-order chi connectivity index (χ1) is 7.76. The van der Waals surface area contributed by atoms with E-state index in [1.165, 1.54) is 0 Å². The van der Waals surface area contributed by atoms with Gasteiger partial charge in [0.2, 0.25) is 0 Å². The zero-order chi connectivity index (χ0) is 12.0. The Morgan fingerprint density at radius 3 is 2.56 bits per heavy atom. The lowest BCUT2D eigenvalue weighted by atomic mass is 10.1. The van der Waals surface area contributed by atoms with E-state index in [0.29, 0.717) is 23.7 Å². The van der Waals surface area contributed by atoms with E-state index in [4.69, 9.17) is 19.5 Å². The summed E-state index contributed by atoms with van der Waals surface area (Å²) in [7, 11) is 3.14. The van der Waals surface area contributed by atoms with Gasteiger partial charge in [0.25, 0.3) is 0 Å². The van der Waals surface area contributed by atoms with Crippen molar-refractivity contribution in [2.75, 3.05) is 20.8 Å². The van der Waals surface area contributed by atoms with Gasteiger partial charge in [-0.2, -0.15) is 5.26 Å². The van der Waals surface area contributed by atoms with Gasteiger partial charge in [0.1, 0.15) is 11.5 Å². The standard InChI is InChI=1S/C12H15NO3/c1-4-16-12(8-13)10-6-5-9(14-2)7-11(10)15-3/h5-7,12H,4H2,1-3H3. The van der Waals surface area contributed by atoms with Crippen molar-refractivity contribution in [3.05, 3.63) is 23.8 Å². The number of methoxy groups -OCH3 is 2. The van der Waals surface area contributed by atoms with Crippen LogP contribution >= 0.6 is 0 Å². The van der Waals surface area contributed by atoms with Gasteiger partial charge in [-0.15, -0.1) is 0 Å². The quantitative estimate of drug-likeness (QED) is 0.765. The van der Waals surface area contributed by atoms with Gasteiger partial charge in [0, 0.05) is 18.2 Å². The molecular weight excluding hydrogens is 206 g/mol. The Kier molecular flexibility index (Phi) is 4.62. The van der Waals surface area contributed by atoms with Gasteiger partial charge in [-0.25, -0.2) is 0 Å². The number of hydrogen-bond donors (Lipinski definition) is 0. The Hall–Kier alpha value is -1.73. The molecule has 0 aliphatic rings. The third kappa shape index (κ3) is 2.65. The summed E-state index contributed by atoms with van der Waals surface area (Å²) in [5.41, 5.74) is 0.715. The Labute approximate surface area is 95.4 Å². The van der Waals surface area contributed by atoms with Crippen molar-refractivity contribution in [2.45, 2.75) is 13.0 Å². The number of hydrogen-bond acceptors (Lipinski definition) is 4. The smallest absolute Gasteiger partial charge is 0.172 e. The predicted octanol–water partition coefficient (Wildman–Crippen LogP) is 2.30. The molecule has 4 nitrogen and oxygen atoms in total. The van der Waals surface area contributed by atoms with Crippen LogP contribution in [-0.2, 0) is 4.74 Å². The molecule has 0 aromatic heterocycles. The molecule has 0 aliphatic heterocycles. The topological polar surface area (TPSA) is 51.5 Å². The SMILES string of the molecule is CCOC(C#N)c1ccc(OC)cc1OC. The molecule has 1 rings (SSSR count). The van der Waals surface area contributed by atoms with Crippen LogP contribution < -0.4 is 9.47 Å². The first-order valence-corrected chi connectivity index (χ1v) is 5.00. The second-order valence-corrected chi connectivity index (χ2v) is 3.07. The lowest BCUT2D eigenvalue weighted by Gasteiger charge is -2.14. The fourth-order valence-corrected chi connectivity index (χ4v) is 1.40. The molecule has 0 saturated heterocycles. The van der Waals surface area contributed by atoms with Crippen LogP contribution in [0.25, 0.3) is 0 Å². The van der Waals surface area contributed by atoms with Crippen LogP contribution in [0, 0.1) is 11.3 Å². The maximum absolute atomic E-state index is 9.00. The van der Waals surface area contributed by atoms with E-state index in [2.05, 4.69) is 6.07 Å². The number of nitrogens with zero attached hydrogens (tertiary/aromatic N) is 1. The molecule has 0 saturated carbocycles. The first-order valence-electron chi connectivity index (χ1n) is 5.00. The second kappa shape index (κ2) is 5.99. The van der Waals surface area contributed by atoms with Crippen LogP contribution in [-0.4, -0.2) is 20.8 Å². The molecule has 16 heavy (non-hydrogen) atoms. The number of ether oxygens (including phenoxy) is 3. The van der Waals surface area contributed by atoms with Crippen molar-refractivity contribution in [3.8, 4) is 17.6 Å². The van der Waals surface area contributed by atoms with E-state index in [0.717, 1.165) is 0 Å². The van der Waals surface area contributed by atoms with E-state index in [-0.39, 0.29) is 0 Å². The fraction of sp³-hybridized carbons (Fsp3) is 0.417. The van der Waals surface area contributed by atoms with Gasteiger partial charge in [-0.05, 0) is 19.1 Å². The molecule has 0 spiro atoms. The second-order valence-electron chi connectivity index (χ2n) is 3.07. The average molecular weight is 221 g/mol. The summed E-state index contributed by atoms with van der Waals surface area (Å²) in [6.07, 6.45) is -0.606. The van der Waals surface area contributed by atoms with Crippen LogP contribution in [0.2, 0.25) is 0 Å². The molecule has 86 valence electrons. The van der Waals surface area contributed by atoms with E-state index in [9.17, 15) is 0 Å². The summed E-state index contributed by atoms with van der Waals surface area (Å²) in [6.45, 7) is 2.33. The maximum atomic E-state index is 9.00. The normalized spacial score (nSPS) is 11.6.